The first-order valence-electron chi connectivity index (χ1n) is 10.7. The molecule has 3 aromatic rings. The third-order valence-electron chi connectivity index (χ3n) is 6.03. The standard InChI is InChI=1S/C25H28N4O3/c1-16-21(4-3-5-22(16)26)18-14-23(25(32)28(2)15-18)27-19-8-6-17(7-9-19)24(31)29-12-10-20(30)11-13-29/h3-9,14-15,20,27,30H,10-13,26H2,1-2H3. The summed E-state index contributed by atoms with van der Waals surface area (Å²) in [6.45, 7) is 3.08. The van der Waals surface area contributed by atoms with Crippen molar-refractivity contribution in [2.75, 3.05) is 24.1 Å². The van der Waals surface area contributed by atoms with Crippen molar-refractivity contribution in [3.63, 3.8) is 0 Å². The molecule has 4 N–H and O–H groups in total. The zero-order valence-electron chi connectivity index (χ0n) is 18.3. The summed E-state index contributed by atoms with van der Waals surface area (Å²) in [5.41, 5.74) is 11.2. The second-order valence-corrected chi connectivity index (χ2v) is 8.30. The Labute approximate surface area is 187 Å². The Kier molecular flexibility index (Phi) is 6.01. The van der Waals surface area contributed by atoms with E-state index in [1.807, 2.05) is 31.2 Å². The molecule has 1 aliphatic heterocycles. The lowest BCUT2D eigenvalue weighted by Crippen LogP contribution is -2.40. The zero-order valence-corrected chi connectivity index (χ0v) is 18.3. The van der Waals surface area contributed by atoms with Gasteiger partial charge in [0.05, 0.1) is 6.10 Å². The first kappa shape index (κ1) is 21.6. The molecule has 7 heteroatoms. The van der Waals surface area contributed by atoms with Gasteiger partial charge >= 0.3 is 0 Å². The van der Waals surface area contributed by atoms with Crippen LogP contribution in [0.2, 0.25) is 0 Å². The third-order valence-corrected chi connectivity index (χ3v) is 6.03. The molecule has 1 aliphatic rings. The van der Waals surface area contributed by atoms with Gasteiger partial charge in [0.1, 0.15) is 5.69 Å². The number of amides is 1. The molecule has 0 saturated carbocycles. The number of rotatable bonds is 4. The number of aromatic nitrogens is 1. The van der Waals surface area contributed by atoms with Crippen molar-refractivity contribution in [3.05, 3.63) is 76.2 Å². The second kappa shape index (κ2) is 8.88. The van der Waals surface area contributed by atoms with E-state index in [9.17, 15) is 14.7 Å². The Morgan fingerprint density at radius 2 is 1.81 bits per heavy atom. The van der Waals surface area contributed by atoms with Crippen molar-refractivity contribution in [2.45, 2.75) is 25.9 Å². The molecule has 0 unspecified atom stereocenters. The van der Waals surface area contributed by atoms with Gasteiger partial charge in [-0.15, -0.1) is 0 Å². The van der Waals surface area contributed by atoms with Crippen LogP contribution in [0.5, 0.6) is 0 Å². The van der Waals surface area contributed by atoms with Gasteiger partial charge in [0.15, 0.2) is 0 Å². The molecule has 2 heterocycles. The number of nitrogens with two attached hydrogens (primary N) is 1. The van der Waals surface area contributed by atoms with E-state index in [-0.39, 0.29) is 17.6 Å². The number of aryl methyl sites for hydroxylation is 1. The molecule has 32 heavy (non-hydrogen) atoms. The van der Waals surface area contributed by atoms with Crippen LogP contribution in [-0.4, -0.2) is 39.7 Å². The number of anilines is 3. The molecule has 0 radical (unpaired) electrons. The zero-order chi connectivity index (χ0) is 22.8. The summed E-state index contributed by atoms with van der Waals surface area (Å²) in [5.74, 6) is -0.0431. The molecule has 166 valence electrons. The van der Waals surface area contributed by atoms with Crippen molar-refractivity contribution < 1.29 is 9.90 Å². The molecule has 0 bridgehead atoms. The van der Waals surface area contributed by atoms with Crippen LogP contribution in [0.3, 0.4) is 0 Å². The molecule has 0 atom stereocenters. The smallest absolute Gasteiger partial charge is 0.274 e. The minimum atomic E-state index is -0.319. The summed E-state index contributed by atoms with van der Waals surface area (Å²) in [6, 6.07) is 14.7. The second-order valence-electron chi connectivity index (χ2n) is 8.30. The predicted octanol–water partition coefficient (Wildman–Crippen LogP) is 3.28. The summed E-state index contributed by atoms with van der Waals surface area (Å²) in [4.78, 5) is 27.2. The Morgan fingerprint density at radius 3 is 2.50 bits per heavy atom. The topological polar surface area (TPSA) is 101 Å². The monoisotopic (exact) mass is 432 g/mol. The number of hydrogen-bond donors (Lipinski definition) is 3. The summed E-state index contributed by atoms with van der Waals surface area (Å²) in [6.07, 6.45) is 2.70. The first-order valence-corrected chi connectivity index (χ1v) is 10.7. The van der Waals surface area contributed by atoms with Gasteiger partial charge in [0, 0.05) is 48.8 Å². The van der Waals surface area contributed by atoms with Crippen molar-refractivity contribution in [1.82, 2.24) is 9.47 Å². The third kappa shape index (κ3) is 4.38. The van der Waals surface area contributed by atoms with Crippen LogP contribution in [0.1, 0.15) is 28.8 Å². The fourth-order valence-corrected chi connectivity index (χ4v) is 4.02. The molecule has 4 rings (SSSR count). The predicted molar refractivity (Wildman–Crippen MR) is 127 cm³/mol. The number of likely N-dealkylation sites (tertiary alicyclic amines) is 1. The lowest BCUT2D eigenvalue weighted by Gasteiger charge is -2.29. The lowest BCUT2D eigenvalue weighted by atomic mass is 10.0. The van der Waals surface area contributed by atoms with E-state index >= 15 is 0 Å². The van der Waals surface area contributed by atoms with Gasteiger partial charge < -0.3 is 25.6 Å². The number of nitrogens with one attached hydrogen (secondary N) is 1. The Morgan fingerprint density at radius 1 is 1.12 bits per heavy atom. The van der Waals surface area contributed by atoms with Crippen LogP contribution in [0.4, 0.5) is 17.1 Å². The summed E-state index contributed by atoms with van der Waals surface area (Å²) >= 11 is 0. The maximum atomic E-state index is 12.7. The van der Waals surface area contributed by atoms with Crippen LogP contribution in [-0.2, 0) is 7.05 Å². The molecule has 1 amide bonds. The van der Waals surface area contributed by atoms with E-state index in [1.54, 1.807) is 47.0 Å². The van der Waals surface area contributed by atoms with E-state index in [0.29, 0.717) is 48.6 Å². The molecule has 7 nitrogen and oxygen atoms in total. The average molecular weight is 433 g/mol. The highest BCUT2D eigenvalue weighted by Crippen LogP contribution is 2.28. The minimum Gasteiger partial charge on any atom is -0.398 e. The van der Waals surface area contributed by atoms with Crippen molar-refractivity contribution in [2.24, 2.45) is 7.05 Å². The SMILES string of the molecule is Cc1c(N)cccc1-c1cc(Nc2ccc(C(=O)N3CCC(O)CC3)cc2)c(=O)n(C)c1. The van der Waals surface area contributed by atoms with Crippen LogP contribution in [0, 0.1) is 6.92 Å². The Hall–Kier alpha value is -3.58. The molecular weight excluding hydrogens is 404 g/mol. The fourth-order valence-electron chi connectivity index (χ4n) is 4.02. The molecule has 1 aromatic heterocycles. The number of carbonyl (C=O) groups is 1. The summed E-state index contributed by atoms with van der Waals surface area (Å²) < 4.78 is 1.54. The molecule has 2 aromatic carbocycles. The van der Waals surface area contributed by atoms with Gasteiger partial charge in [-0.25, -0.2) is 0 Å². The van der Waals surface area contributed by atoms with Gasteiger partial charge in [-0.3, -0.25) is 9.59 Å². The summed E-state index contributed by atoms with van der Waals surface area (Å²) in [5, 5.41) is 12.8. The Bertz CT molecular complexity index is 1190. The molecule has 0 aliphatic carbocycles. The van der Waals surface area contributed by atoms with Gasteiger partial charge in [0.2, 0.25) is 0 Å². The highest BCUT2D eigenvalue weighted by Gasteiger charge is 2.22. The number of benzene rings is 2. The number of aliphatic hydroxyl groups excluding tert-OH is 1. The highest BCUT2D eigenvalue weighted by molar-refractivity contribution is 5.94. The maximum Gasteiger partial charge on any atom is 0.274 e. The quantitative estimate of drug-likeness (QED) is 0.550. The van der Waals surface area contributed by atoms with Gasteiger partial charge in [0.25, 0.3) is 11.5 Å². The van der Waals surface area contributed by atoms with E-state index in [2.05, 4.69) is 5.32 Å². The largest absolute Gasteiger partial charge is 0.398 e. The van der Waals surface area contributed by atoms with Crippen LogP contribution >= 0.6 is 0 Å². The number of piperidine rings is 1. The van der Waals surface area contributed by atoms with E-state index in [0.717, 1.165) is 16.7 Å². The number of nitrogen functional groups attached to an aromatic ring is 1. The van der Waals surface area contributed by atoms with Crippen LogP contribution in [0.15, 0.2) is 59.5 Å². The van der Waals surface area contributed by atoms with Gasteiger partial charge in [-0.1, -0.05) is 12.1 Å². The highest BCUT2D eigenvalue weighted by atomic mass is 16.3. The fraction of sp³-hybridized carbons (Fsp3) is 0.280. The maximum absolute atomic E-state index is 12.7. The van der Waals surface area contributed by atoms with Crippen molar-refractivity contribution in [3.8, 4) is 11.1 Å². The number of nitrogens with zero attached hydrogens (tertiary/aromatic N) is 2. The molecule has 1 fully saturated rings. The Balaban J connectivity index is 1.56. The number of hydrogen-bond acceptors (Lipinski definition) is 5. The minimum absolute atomic E-state index is 0.0431. The van der Waals surface area contributed by atoms with E-state index < -0.39 is 0 Å². The molecule has 1 saturated heterocycles. The van der Waals surface area contributed by atoms with Crippen LogP contribution < -0.4 is 16.6 Å². The average Bonchev–Trinajstić information content (AvgIpc) is 2.79. The van der Waals surface area contributed by atoms with E-state index in [4.69, 9.17) is 5.73 Å². The van der Waals surface area contributed by atoms with Crippen LogP contribution in [0.25, 0.3) is 11.1 Å². The lowest BCUT2D eigenvalue weighted by molar-refractivity contribution is 0.0546. The molecular formula is C25H28N4O3. The number of pyridine rings is 1. The normalized spacial score (nSPS) is 14.4. The van der Waals surface area contributed by atoms with Gasteiger partial charge in [-0.05, 0) is 67.3 Å². The molecule has 0 spiro atoms. The van der Waals surface area contributed by atoms with Crippen molar-refractivity contribution >= 4 is 23.0 Å². The first-order chi connectivity index (χ1) is 15.3. The van der Waals surface area contributed by atoms with E-state index in [1.165, 1.54) is 0 Å². The van der Waals surface area contributed by atoms with Crippen molar-refractivity contribution in [1.29, 1.82) is 0 Å². The number of carbonyl (C=O) groups excluding carboxylic acids is 1. The van der Waals surface area contributed by atoms with Gasteiger partial charge in [-0.2, -0.15) is 0 Å². The number of aliphatic hydroxyl groups is 1. The summed E-state index contributed by atoms with van der Waals surface area (Å²) in [7, 11) is 1.72.